The van der Waals surface area contributed by atoms with Crippen LogP contribution in [0.1, 0.15) is 22.4 Å². The quantitative estimate of drug-likeness (QED) is 0.195. The van der Waals surface area contributed by atoms with E-state index in [0.717, 1.165) is 39.2 Å². The van der Waals surface area contributed by atoms with Crippen molar-refractivity contribution in [1.82, 2.24) is 10.5 Å². The van der Waals surface area contributed by atoms with Crippen LogP contribution < -0.4 is 15.0 Å². The highest BCUT2D eigenvalue weighted by atomic mass is 16.5. The molecule has 7 heteroatoms. The molecule has 1 heterocycles. The molecule has 1 aromatic heterocycles. The number of aryl methyl sites for hydroxylation is 2. The molecular formula is C27H29N5O2. The van der Waals surface area contributed by atoms with Crippen molar-refractivity contribution in [2.45, 2.75) is 27.1 Å². The third-order valence-corrected chi connectivity index (χ3v) is 4.77. The number of nitrogens with one attached hydrogen (secondary N) is 1. The van der Waals surface area contributed by atoms with Crippen molar-refractivity contribution < 1.29 is 9.47 Å². The van der Waals surface area contributed by atoms with Gasteiger partial charge in [0.1, 0.15) is 24.7 Å². The molecule has 0 aliphatic carbocycles. The van der Waals surface area contributed by atoms with Crippen molar-refractivity contribution in [3.05, 3.63) is 101 Å². The summed E-state index contributed by atoms with van der Waals surface area (Å²) in [5.74, 6) is 1.59. The first-order chi connectivity index (χ1) is 16.6. The summed E-state index contributed by atoms with van der Waals surface area (Å²) in [5, 5.41) is 10.8. The second-order valence-electron chi connectivity index (χ2n) is 7.60. The van der Waals surface area contributed by atoms with E-state index in [4.69, 9.17) is 9.47 Å². The van der Waals surface area contributed by atoms with Gasteiger partial charge in [-0.15, -0.1) is 0 Å². The van der Waals surface area contributed by atoms with E-state index >= 15 is 0 Å². The van der Waals surface area contributed by atoms with Crippen LogP contribution >= 0.6 is 0 Å². The normalized spacial score (nSPS) is 10.4. The maximum atomic E-state index is 5.99. The number of ether oxygens (including phenoxy) is 2. The number of hydrazone groups is 1. The van der Waals surface area contributed by atoms with Crippen molar-refractivity contribution >= 4 is 17.6 Å². The third kappa shape index (κ3) is 7.70. The van der Waals surface area contributed by atoms with Gasteiger partial charge in [0.15, 0.2) is 0 Å². The zero-order valence-electron chi connectivity index (χ0n) is 19.7. The molecule has 0 fully saturated rings. The Kier molecular flexibility index (Phi) is 9.10. The highest BCUT2D eigenvalue weighted by molar-refractivity contribution is 5.78. The Bertz CT molecular complexity index is 1260. The maximum Gasteiger partial charge on any atom is 0.130 e. The number of aromatic nitrogens is 1. The highest BCUT2D eigenvalue weighted by Crippen LogP contribution is 2.24. The van der Waals surface area contributed by atoms with Crippen molar-refractivity contribution in [2.75, 3.05) is 7.05 Å². The van der Waals surface area contributed by atoms with E-state index in [9.17, 15) is 0 Å². The molecular weight excluding hydrogens is 426 g/mol. The predicted octanol–water partition coefficient (Wildman–Crippen LogP) is 6.20. The molecule has 174 valence electrons. The van der Waals surface area contributed by atoms with E-state index in [2.05, 4.69) is 76.0 Å². The molecule has 0 radical (unpaired) electrons. The van der Waals surface area contributed by atoms with Gasteiger partial charge < -0.3 is 9.47 Å². The smallest absolute Gasteiger partial charge is 0.130 e. The number of rotatable bonds is 8. The molecule has 4 rings (SSSR count). The zero-order valence-corrected chi connectivity index (χ0v) is 19.7. The van der Waals surface area contributed by atoms with E-state index in [0.29, 0.717) is 13.2 Å². The summed E-state index contributed by atoms with van der Waals surface area (Å²) in [7, 11) is 1.54. The van der Waals surface area contributed by atoms with E-state index in [-0.39, 0.29) is 0 Å². The van der Waals surface area contributed by atoms with Crippen LogP contribution in [-0.4, -0.2) is 18.7 Å². The molecule has 0 unspecified atom stereocenters. The molecule has 0 saturated heterocycles. The fourth-order valence-corrected chi connectivity index (χ4v) is 3.27. The Hall–Kier alpha value is -4.26. The van der Waals surface area contributed by atoms with Gasteiger partial charge in [0.25, 0.3) is 0 Å². The summed E-state index contributed by atoms with van der Waals surface area (Å²) in [4.78, 5) is 4.66. The van der Waals surface area contributed by atoms with Crippen LogP contribution in [-0.2, 0) is 13.2 Å². The molecule has 0 aliphatic rings. The molecule has 0 aliphatic heterocycles. The fraction of sp³-hybridized carbons (Fsp3) is 0.185. The van der Waals surface area contributed by atoms with Gasteiger partial charge in [0.05, 0.1) is 18.3 Å². The summed E-state index contributed by atoms with van der Waals surface area (Å²) in [6, 6.07) is 26.5. The Balaban J connectivity index is 0.000000481. The first-order valence-electron chi connectivity index (χ1n) is 10.8. The second-order valence-corrected chi connectivity index (χ2v) is 7.60. The molecule has 7 nitrogen and oxygen atoms in total. The van der Waals surface area contributed by atoms with Crippen LogP contribution in [0, 0.1) is 13.8 Å². The maximum absolute atomic E-state index is 5.99. The molecule has 0 bridgehead atoms. The summed E-state index contributed by atoms with van der Waals surface area (Å²) in [6.45, 7) is 8.17. The number of pyridine rings is 1. The summed E-state index contributed by atoms with van der Waals surface area (Å²) < 4.78 is 12.0. The van der Waals surface area contributed by atoms with Gasteiger partial charge in [0.2, 0.25) is 0 Å². The summed E-state index contributed by atoms with van der Waals surface area (Å²) in [5.41, 5.74) is 7.55. The average Bonchev–Trinajstić information content (AvgIpc) is 2.85. The number of fused-ring (bicyclic) bond motifs is 1. The first-order valence-corrected chi connectivity index (χ1v) is 10.8. The van der Waals surface area contributed by atoms with Crippen LogP contribution in [0.2, 0.25) is 0 Å². The van der Waals surface area contributed by atoms with Gasteiger partial charge in [-0.1, -0.05) is 59.3 Å². The first kappa shape index (κ1) is 24.4. The van der Waals surface area contributed by atoms with Crippen LogP contribution in [0.25, 0.3) is 10.9 Å². The van der Waals surface area contributed by atoms with E-state index < -0.39 is 0 Å². The lowest BCUT2D eigenvalue weighted by Gasteiger charge is -2.12. The lowest BCUT2D eigenvalue weighted by Crippen LogP contribution is -2.00. The van der Waals surface area contributed by atoms with Crippen LogP contribution in [0.4, 0.5) is 0 Å². The fourth-order valence-electron chi connectivity index (χ4n) is 3.27. The van der Waals surface area contributed by atoms with E-state index in [1.807, 2.05) is 49.4 Å². The Morgan fingerprint density at radius 2 is 1.59 bits per heavy atom. The van der Waals surface area contributed by atoms with Crippen LogP contribution in [0.3, 0.4) is 0 Å². The van der Waals surface area contributed by atoms with Gasteiger partial charge >= 0.3 is 0 Å². The minimum absolute atomic E-state index is 0.422. The van der Waals surface area contributed by atoms with Crippen molar-refractivity contribution in [2.24, 2.45) is 15.4 Å². The number of para-hydroxylation sites is 1. The van der Waals surface area contributed by atoms with Gasteiger partial charge in [-0.25, -0.2) is 4.98 Å². The van der Waals surface area contributed by atoms with Crippen molar-refractivity contribution in [3.8, 4) is 11.5 Å². The van der Waals surface area contributed by atoms with E-state index in [1.165, 1.54) is 12.6 Å². The SMILES string of the molecule is C=NNN=NC.Cc1cccc(COc2cc(C)cc(OCc3ccc4ccccc4n3)c2)c1. The Labute approximate surface area is 200 Å². The molecule has 3 aromatic carbocycles. The van der Waals surface area contributed by atoms with Gasteiger partial charge in [-0.2, -0.15) is 15.8 Å². The van der Waals surface area contributed by atoms with Crippen LogP contribution in [0.15, 0.2) is 94.3 Å². The average molecular weight is 456 g/mol. The molecule has 4 aromatic rings. The van der Waals surface area contributed by atoms with Gasteiger partial charge in [-0.3, -0.25) is 0 Å². The number of benzene rings is 3. The minimum Gasteiger partial charge on any atom is -0.489 e. The monoisotopic (exact) mass is 455 g/mol. The zero-order chi connectivity index (χ0) is 24.2. The summed E-state index contributed by atoms with van der Waals surface area (Å²) in [6.07, 6.45) is 0. The number of hydrogen-bond acceptors (Lipinski definition) is 6. The molecule has 34 heavy (non-hydrogen) atoms. The van der Waals surface area contributed by atoms with Gasteiger partial charge in [-0.05, 0) is 49.2 Å². The van der Waals surface area contributed by atoms with Crippen LogP contribution in [0.5, 0.6) is 11.5 Å². The Morgan fingerprint density at radius 1 is 0.824 bits per heavy atom. The standard InChI is InChI=1S/C25H23NO2.C2H6N4/c1-18-6-5-7-20(12-18)16-27-23-13-19(2)14-24(15-23)28-17-22-11-10-21-8-3-4-9-25(21)26-22;1-3-5-6-4-2/h3-15H,16-17H2,1-2H3;1H2,2H3,(H,4,5). The minimum atomic E-state index is 0.422. The van der Waals surface area contributed by atoms with Gasteiger partial charge in [0, 0.05) is 18.2 Å². The largest absolute Gasteiger partial charge is 0.489 e. The lowest BCUT2D eigenvalue weighted by molar-refractivity contribution is 0.287. The van der Waals surface area contributed by atoms with Crippen molar-refractivity contribution in [3.63, 3.8) is 0 Å². The van der Waals surface area contributed by atoms with E-state index in [1.54, 1.807) is 0 Å². The predicted molar refractivity (Wildman–Crippen MR) is 136 cm³/mol. The highest BCUT2D eigenvalue weighted by Gasteiger charge is 2.04. The second kappa shape index (κ2) is 12.7. The third-order valence-electron chi connectivity index (χ3n) is 4.77. The molecule has 0 saturated carbocycles. The molecule has 0 amide bonds. The summed E-state index contributed by atoms with van der Waals surface area (Å²) >= 11 is 0. The lowest BCUT2D eigenvalue weighted by atomic mass is 10.1. The molecule has 1 N–H and O–H groups in total. The molecule has 0 spiro atoms. The molecule has 0 atom stereocenters. The number of hydrogen-bond donors (Lipinski definition) is 1. The topological polar surface area (TPSA) is 80.5 Å². The van der Waals surface area contributed by atoms with Crippen molar-refractivity contribution in [1.29, 1.82) is 0 Å². The Morgan fingerprint density at radius 3 is 2.29 bits per heavy atom. The number of nitrogens with zero attached hydrogens (tertiary/aromatic N) is 4.